The third kappa shape index (κ3) is 22.2. The van der Waals surface area contributed by atoms with E-state index in [-0.39, 0.29) is 63.2 Å². The molecule has 9 nitrogen and oxygen atoms in total. The molecule has 0 saturated heterocycles. The van der Waals surface area contributed by atoms with Crippen LogP contribution in [0.2, 0.25) is 0 Å². The average Bonchev–Trinajstić information content (AvgIpc) is 3.36. The van der Waals surface area contributed by atoms with E-state index in [1.165, 1.54) is 18.4 Å². The predicted molar refractivity (Wildman–Crippen MR) is 330 cm³/mol. The zero-order valence-corrected chi connectivity index (χ0v) is 53.8. The summed E-state index contributed by atoms with van der Waals surface area (Å²) in [4.78, 5) is 25.0. The van der Waals surface area contributed by atoms with Crippen molar-refractivity contribution >= 4 is 11.9 Å². The Morgan fingerprint density at radius 3 is 1.61 bits per heavy atom. The van der Waals surface area contributed by atoms with E-state index in [4.69, 9.17) is 28.4 Å². The Morgan fingerprint density at radius 1 is 0.658 bits per heavy atom. The molecule has 0 aliphatic heterocycles. The molecule has 0 amide bonds. The van der Waals surface area contributed by atoms with Crippen LogP contribution in [0.3, 0.4) is 0 Å². The molecule has 0 bridgehead atoms. The van der Waals surface area contributed by atoms with Crippen LogP contribution < -0.4 is 5.32 Å². The van der Waals surface area contributed by atoms with Crippen molar-refractivity contribution in [3.63, 3.8) is 0 Å². The van der Waals surface area contributed by atoms with Crippen LogP contribution in [0, 0.1) is 33.5 Å². The second-order valence-corrected chi connectivity index (χ2v) is 28.9. The van der Waals surface area contributed by atoms with Crippen LogP contribution in [-0.4, -0.2) is 86.1 Å². The number of carbonyl (C=O) groups is 2. The molecule has 1 aliphatic carbocycles. The first-order valence-electron chi connectivity index (χ1n) is 30.1. The van der Waals surface area contributed by atoms with Crippen LogP contribution in [0.4, 0.5) is 0 Å². The van der Waals surface area contributed by atoms with Crippen molar-refractivity contribution < 1.29 is 38.0 Å². The Kier molecular flexibility index (Phi) is 26.1. The minimum absolute atomic E-state index is 0.0287. The van der Waals surface area contributed by atoms with Gasteiger partial charge in [-0.15, -0.1) is 6.58 Å². The largest absolute Gasteiger partial charge is 0.462 e. The van der Waals surface area contributed by atoms with Crippen LogP contribution in [0.1, 0.15) is 225 Å². The highest BCUT2D eigenvalue weighted by molar-refractivity contribution is 5.87. The number of hydrogen-bond acceptors (Lipinski definition) is 9. The minimum atomic E-state index is -0.794. The van der Waals surface area contributed by atoms with Gasteiger partial charge in [0.25, 0.3) is 0 Å². The first-order chi connectivity index (χ1) is 36.4. The van der Waals surface area contributed by atoms with E-state index in [0.29, 0.717) is 36.2 Å². The molecule has 1 aliphatic rings. The van der Waals surface area contributed by atoms with Gasteiger partial charge in [0.2, 0.25) is 0 Å². The number of allylic oxidation sites excluding steroid dienone is 1. The molecular formula is C70H115NO8. The van der Waals surface area contributed by atoms with Gasteiger partial charge in [0.1, 0.15) is 5.60 Å². The lowest BCUT2D eigenvalue weighted by molar-refractivity contribution is -0.160. The number of benzene rings is 2. The Morgan fingerprint density at radius 2 is 1.13 bits per heavy atom. The second-order valence-electron chi connectivity index (χ2n) is 28.9. The van der Waals surface area contributed by atoms with Gasteiger partial charge in [-0.2, -0.15) is 0 Å². The summed E-state index contributed by atoms with van der Waals surface area (Å²) in [6.45, 7) is 57.3. The molecule has 2 aromatic carbocycles. The number of esters is 2. The molecule has 1 saturated carbocycles. The lowest BCUT2D eigenvalue weighted by Gasteiger charge is -2.45. The highest BCUT2D eigenvalue weighted by Gasteiger charge is 2.44. The molecule has 5 atom stereocenters. The van der Waals surface area contributed by atoms with E-state index in [2.05, 4.69) is 171 Å². The predicted octanol–water partition coefficient (Wildman–Crippen LogP) is 17.1. The summed E-state index contributed by atoms with van der Waals surface area (Å²) in [5, 5.41) is 3.76. The molecule has 79 heavy (non-hydrogen) atoms. The third-order valence-electron chi connectivity index (χ3n) is 18.5. The molecule has 9 heteroatoms. The van der Waals surface area contributed by atoms with Crippen molar-refractivity contribution in [2.45, 2.75) is 242 Å². The Balaban J connectivity index is 1.39. The van der Waals surface area contributed by atoms with Crippen LogP contribution in [0.15, 0.2) is 97.6 Å². The molecule has 2 aromatic rings. The van der Waals surface area contributed by atoms with E-state index in [1.807, 2.05) is 38.1 Å². The van der Waals surface area contributed by atoms with E-state index < -0.39 is 16.8 Å². The molecule has 0 heterocycles. The Hall–Kier alpha value is -3.60. The normalized spacial score (nSPS) is 18.9. The lowest BCUT2D eigenvalue weighted by atomic mass is 9.62. The van der Waals surface area contributed by atoms with Gasteiger partial charge in [0.05, 0.1) is 42.2 Å². The van der Waals surface area contributed by atoms with E-state index in [1.54, 1.807) is 13.8 Å². The molecule has 0 spiro atoms. The quantitative estimate of drug-likeness (QED) is 0.0307. The summed E-state index contributed by atoms with van der Waals surface area (Å²) in [6, 6.07) is 20.6. The Labute approximate surface area is 483 Å². The van der Waals surface area contributed by atoms with Crippen molar-refractivity contribution in [1.29, 1.82) is 0 Å². The monoisotopic (exact) mass is 1100 g/mol. The molecule has 1 fully saturated rings. The van der Waals surface area contributed by atoms with Gasteiger partial charge >= 0.3 is 11.9 Å². The molecule has 448 valence electrons. The van der Waals surface area contributed by atoms with Crippen molar-refractivity contribution in [1.82, 2.24) is 5.32 Å². The molecular weight excluding hydrogens is 983 g/mol. The van der Waals surface area contributed by atoms with Crippen LogP contribution in [0.25, 0.3) is 0 Å². The fraction of sp³-hybridized carbons (Fsp3) is 0.714. The van der Waals surface area contributed by atoms with Crippen LogP contribution in [-0.2, 0) is 38.0 Å². The topological polar surface area (TPSA) is 102 Å². The maximum Gasteiger partial charge on any atom is 0.333 e. The smallest absolute Gasteiger partial charge is 0.333 e. The van der Waals surface area contributed by atoms with E-state index in [9.17, 15) is 9.59 Å². The highest BCUT2D eigenvalue weighted by atomic mass is 16.6. The summed E-state index contributed by atoms with van der Waals surface area (Å²) in [7, 11) is 0. The number of ether oxygens (including phenoxy) is 6. The van der Waals surface area contributed by atoms with E-state index >= 15 is 0 Å². The lowest BCUT2D eigenvalue weighted by Crippen LogP contribution is -2.45. The molecule has 0 radical (unpaired) electrons. The van der Waals surface area contributed by atoms with Gasteiger partial charge in [-0.05, 0) is 187 Å². The molecule has 5 unspecified atom stereocenters. The minimum Gasteiger partial charge on any atom is -0.462 e. The summed E-state index contributed by atoms with van der Waals surface area (Å²) in [6.07, 6.45) is 14.0. The number of carbonyl (C=O) groups excluding carboxylic acids is 2. The zero-order valence-electron chi connectivity index (χ0n) is 53.8. The van der Waals surface area contributed by atoms with Crippen LogP contribution >= 0.6 is 0 Å². The fourth-order valence-corrected chi connectivity index (χ4v) is 11.5. The van der Waals surface area contributed by atoms with Crippen molar-refractivity contribution in [3.8, 4) is 0 Å². The second kappa shape index (κ2) is 29.6. The number of unbranched alkanes of at least 4 members (excludes halogenated alkanes) is 2. The maximum absolute atomic E-state index is 12.6. The van der Waals surface area contributed by atoms with Crippen molar-refractivity contribution in [3.05, 3.63) is 109 Å². The molecule has 0 aromatic heterocycles. The summed E-state index contributed by atoms with van der Waals surface area (Å²) >= 11 is 0. The fourth-order valence-electron chi connectivity index (χ4n) is 11.5. The first-order valence-corrected chi connectivity index (χ1v) is 30.1. The molecule has 3 rings (SSSR count). The first kappa shape index (κ1) is 69.7. The summed E-state index contributed by atoms with van der Waals surface area (Å²) < 4.78 is 38.5. The van der Waals surface area contributed by atoms with Gasteiger partial charge in [-0.25, -0.2) is 9.59 Å². The third-order valence-corrected chi connectivity index (χ3v) is 18.5. The zero-order chi connectivity index (χ0) is 59.7. The van der Waals surface area contributed by atoms with Gasteiger partial charge < -0.3 is 33.7 Å². The SMILES string of the molecule is C=CC1CC(C)(CC(C)(C)OCCCCC(C)(C)C(C)(C)OCC(c2ccccc2)C(C)(C)OC(=O)C(=C)C)CCC1CCNCC(C)(C)OCCCCC(C)(C)C(C)(C)OCC(c1ccccc1)C(C)(C)COC(=O)C(=C)C. The van der Waals surface area contributed by atoms with Gasteiger partial charge in [-0.1, -0.05) is 141 Å². The Bertz CT molecular complexity index is 2200. The van der Waals surface area contributed by atoms with E-state index in [0.717, 1.165) is 89.7 Å². The number of hydrogen-bond donors (Lipinski definition) is 1. The number of nitrogens with one attached hydrogen (secondary N) is 1. The van der Waals surface area contributed by atoms with Gasteiger partial charge in [0.15, 0.2) is 0 Å². The standard InChI is InChI=1S/C70H115NO8/c1-23-54-46-70(22,49-65(12,13)75-44-32-30-40-64(10,11)69(20,21)78-48-59(57-36-28-25-29-37-57)67(16,17)79-61(73)53(4)5)42-38-55(54)39-43-71-50-66(14,15)76-45-33-31-41-63(8,9)68(18,19)77-47-58(56-34-26-24-27-35-56)62(6,7)51-74-60(72)52(2)3/h23-29,34-37,54-55,58-59,71H,1-2,4,30-33,38-51H2,3,5-22H3. The van der Waals surface area contributed by atoms with Crippen LogP contribution in [0.5, 0.6) is 0 Å². The van der Waals surface area contributed by atoms with Crippen molar-refractivity contribution in [2.75, 3.05) is 46.1 Å². The molecule has 1 N–H and O–H groups in total. The summed E-state index contributed by atoms with van der Waals surface area (Å²) in [5.41, 5.74) is 0.604. The van der Waals surface area contributed by atoms with Gasteiger partial charge in [-0.3, -0.25) is 0 Å². The number of rotatable bonds is 37. The van der Waals surface area contributed by atoms with Gasteiger partial charge in [0, 0.05) is 48.2 Å². The van der Waals surface area contributed by atoms with Crippen molar-refractivity contribution in [2.24, 2.45) is 33.5 Å². The summed E-state index contributed by atoms with van der Waals surface area (Å²) in [5.74, 6) is 0.237. The highest BCUT2D eigenvalue weighted by Crippen LogP contribution is 2.49. The average molecular weight is 1100 g/mol. The maximum atomic E-state index is 12.6.